The number of carbonyl (C=O) groups excluding carboxylic acids is 1. The van der Waals surface area contributed by atoms with E-state index in [0.717, 1.165) is 13.1 Å². The van der Waals surface area contributed by atoms with Gasteiger partial charge in [0, 0.05) is 62.1 Å². The average molecular weight is 453 g/mol. The highest BCUT2D eigenvalue weighted by molar-refractivity contribution is 6.00. The summed E-state index contributed by atoms with van der Waals surface area (Å²) in [5.41, 5.74) is 1.69. The van der Waals surface area contributed by atoms with Gasteiger partial charge in [0.15, 0.2) is 11.6 Å². The van der Waals surface area contributed by atoms with E-state index >= 15 is 4.39 Å². The molecule has 0 bridgehead atoms. The molecule has 0 radical (unpaired) electrons. The molecular weight excluding hydrogens is 428 g/mol. The molecule has 0 saturated carbocycles. The van der Waals surface area contributed by atoms with Gasteiger partial charge in [-0.1, -0.05) is 0 Å². The van der Waals surface area contributed by atoms with Crippen LogP contribution >= 0.6 is 0 Å². The van der Waals surface area contributed by atoms with Crippen LogP contribution in [0.25, 0.3) is 21.8 Å². The Hall–Kier alpha value is -3.53. The number of piperazine rings is 1. The minimum Gasteiger partial charge on any atom is -0.368 e. The van der Waals surface area contributed by atoms with Crippen molar-refractivity contribution in [3.8, 4) is 0 Å². The molecule has 0 aliphatic carbocycles. The van der Waals surface area contributed by atoms with E-state index in [-0.39, 0.29) is 34.7 Å². The summed E-state index contributed by atoms with van der Waals surface area (Å²) in [7, 11) is 1.71. The number of hydrogen-bond donors (Lipinski definition) is 2. The number of nitrogens with one attached hydrogen (secondary N) is 2. The summed E-state index contributed by atoms with van der Waals surface area (Å²) in [4.78, 5) is 14.4. The van der Waals surface area contributed by atoms with E-state index in [1.807, 2.05) is 0 Å². The van der Waals surface area contributed by atoms with Gasteiger partial charge < -0.3 is 15.5 Å². The van der Waals surface area contributed by atoms with Crippen LogP contribution < -0.4 is 15.5 Å². The van der Waals surface area contributed by atoms with Gasteiger partial charge in [0.2, 0.25) is 5.91 Å². The minimum atomic E-state index is -0.504. The van der Waals surface area contributed by atoms with Crippen LogP contribution in [-0.2, 0) is 7.05 Å². The second-order valence-corrected chi connectivity index (χ2v) is 8.80. The molecule has 2 aromatic heterocycles. The van der Waals surface area contributed by atoms with E-state index in [1.165, 1.54) is 28.4 Å². The molecule has 172 valence electrons. The van der Waals surface area contributed by atoms with Crippen molar-refractivity contribution in [3.05, 3.63) is 42.1 Å². The average Bonchev–Trinajstić information content (AvgIpc) is 3.28. The van der Waals surface area contributed by atoms with Crippen molar-refractivity contribution in [2.45, 2.75) is 32.9 Å². The highest BCUT2D eigenvalue weighted by Gasteiger charge is 2.25. The molecule has 5 rings (SSSR count). The summed E-state index contributed by atoms with van der Waals surface area (Å²) in [5.74, 6) is -1.20. The number of benzene rings is 2. The van der Waals surface area contributed by atoms with E-state index in [9.17, 15) is 9.18 Å². The first-order valence-corrected chi connectivity index (χ1v) is 10.8. The standard InChI is InChI=1S/C23H25F2N7O/c1-12-9-31(10-13(2)26-12)17-7-18(24)21-20(8-17)32(14(3)33)29-23(21)27-16-5-15-11-30(4)28-22(15)19(25)6-16/h5-8,11-13,26H,9-10H2,1-4H3,(H,27,29)/t12-,13+. The Bertz CT molecular complexity index is 1380. The first-order chi connectivity index (χ1) is 15.7. The maximum absolute atomic E-state index is 15.4. The SMILES string of the molecule is CC(=O)n1nc(Nc2cc(F)c3nn(C)cc3c2)c2c(F)cc(N3C[C@@H](C)N[C@@H](C)C3)cc21. The van der Waals surface area contributed by atoms with Crippen LogP contribution in [0, 0.1) is 11.6 Å². The second-order valence-electron chi connectivity index (χ2n) is 8.80. The van der Waals surface area contributed by atoms with Gasteiger partial charge in [-0.15, -0.1) is 5.10 Å². The first kappa shape index (κ1) is 21.3. The molecule has 0 spiro atoms. The molecule has 2 atom stereocenters. The lowest BCUT2D eigenvalue weighted by Crippen LogP contribution is -2.54. The van der Waals surface area contributed by atoms with Crippen molar-refractivity contribution in [1.82, 2.24) is 24.9 Å². The summed E-state index contributed by atoms with van der Waals surface area (Å²) >= 11 is 0. The molecule has 1 fully saturated rings. The lowest BCUT2D eigenvalue weighted by molar-refractivity contribution is 0.0927. The summed E-state index contributed by atoms with van der Waals surface area (Å²) in [6, 6.07) is 6.74. The van der Waals surface area contributed by atoms with Crippen molar-refractivity contribution >= 4 is 44.9 Å². The van der Waals surface area contributed by atoms with Gasteiger partial charge in [-0.3, -0.25) is 9.48 Å². The van der Waals surface area contributed by atoms with Gasteiger partial charge in [-0.2, -0.15) is 9.78 Å². The number of fused-ring (bicyclic) bond motifs is 2. The lowest BCUT2D eigenvalue weighted by Gasteiger charge is -2.37. The smallest absolute Gasteiger partial charge is 0.244 e. The molecule has 1 aliphatic heterocycles. The molecule has 4 aromatic rings. The fraction of sp³-hybridized carbons (Fsp3) is 0.348. The molecule has 1 aliphatic rings. The Labute approximate surface area is 189 Å². The number of nitrogens with zero attached hydrogens (tertiary/aromatic N) is 5. The van der Waals surface area contributed by atoms with Crippen LogP contribution in [0.3, 0.4) is 0 Å². The first-order valence-electron chi connectivity index (χ1n) is 10.8. The Morgan fingerprint density at radius 2 is 1.82 bits per heavy atom. The van der Waals surface area contributed by atoms with Crippen LogP contribution in [-0.4, -0.2) is 50.6 Å². The molecular formula is C23H25F2N7O. The normalized spacial score (nSPS) is 18.9. The zero-order chi connectivity index (χ0) is 23.4. The largest absolute Gasteiger partial charge is 0.368 e. The number of aryl methyl sites for hydroxylation is 1. The van der Waals surface area contributed by atoms with E-state index in [2.05, 4.69) is 39.6 Å². The van der Waals surface area contributed by atoms with Crippen molar-refractivity contribution in [2.24, 2.45) is 7.05 Å². The highest BCUT2D eigenvalue weighted by atomic mass is 19.1. The molecule has 1 saturated heterocycles. The fourth-order valence-corrected chi connectivity index (χ4v) is 4.65. The Morgan fingerprint density at radius 1 is 1.09 bits per heavy atom. The predicted molar refractivity (Wildman–Crippen MR) is 124 cm³/mol. The zero-order valence-electron chi connectivity index (χ0n) is 18.9. The van der Waals surface area contributed by atoms with Gasteiger partial charge in [-0.05, 0) is 38.1 Å². The van der Waals surface area contributed by atoms with Gasteiger partial charge >= 0.3 is 0 Å². The number of rotatable bonds is 3. The summed E-state index contributed by atoms with van der Waals surface area (Å²) < 4.78 is 32.7. The summed E-state index contributed by atoms with van der Waals surface area (Å²) in [5, 5.41) is 15.6. The van der Waals surface area contributed by atoms with Crippen molar-refractivity contribution < 1.29 is 13.6 Å². The van der Waals surface area contributed by atoms with Crippen LogP contribution in [0.15, 0.2) is 30.5 Å². The van der Waals surface area contributed by atoms with Crippen LogP contribution in [0.2, 0.25) is 0 Å². The Balaban J connectivity index is 1.59. The van der Waals surface area contributed by atoms with Crippen LogP contribution in [0.1, 0.15) is 25.6 Å². The fourth-order valence-electron chi connectivity index (χ4n) is 4.65. The molecule has 10 heteroatoms. The summed E-state index contributed by atoms with van der Waals surface area (Å²) in [6.07, 6.45) is 1.69. The van der Waals surface area contributed by atoms with Crippen molar-refractivity contribution in [3.63, 3.8) is 0 Å². The quantitative estimate of drug-likeness (QED) is 0.491. The third-order valence-corrected chi connectivity index (χ3v) is 5.88. The predicted octanol–water partition coefficient (Wildman–Crippen LogP) is 3.79. The van der Waals surface area contributed by atoms with E-state index in [0.29, 0.717) is 22.3 Å². The second kappa shape index (κ2) is 7.80. The van der Waals surface area contributed by atoms with Crippen LogP contribution in [0.4, 0.5) is 26.0 Å². The van der Waals surface area contributed by atoms with Gasteiger partial charge in [0.25, 0.3) is 0 Å². The molecule has 2 N–H and O–H groups in total. The third-order valence-electron chi connectivity index (χ3n) is 5.88. The topological polar surface area (TPSA) is 80.0 Å². The highest BCUT2D eigenvalue weighted by Crippen LogP contribution is 2.34. The van der Waals surface area contributed by atoms with Crippen molar-refractivity contribution in [1.29, 1.82) is 0 Å². The lowest BCUT2D eigenvalue weighted by atomic mass is 10.1. The Morgan fingerprint density at radius 3 is 2.52 bits per heavy atom. The summed E-state index contributed by atoms with van der Waals surface area (Å²) in [6.45, 7) is 6.98. The molecule has 3 heterocycles. The van der Waals surface area contributed by atoms with E-state index in [1.54, 1.807) is 25.4 Å². The zero-order valence-corrected chi connectivity index (χ0v) is 18.9. The number of carbonyl (C=O) groups is 1. The number of halogens is 2. The van der Waals surface area contributed by atoms with Gasteiger partial charge in [-0.25, -0.2) is 8.78 Å². The molecule has 33 heavy (non-hydrogen) atoms. The number of anilines is 3. The number of hydrogen-bond acceptors (Lipinski definition) is 6. The Kier molecular flexibility index (Phi) is 5.04. The van der Waals surface area contributed by atoms with Crippen molar-refractivity contribution in [2.75, 3.05) is 23.3 Å². The monoisotopic (exact) mass is 453 g/mol. The van der Waals surface area contributed by atoms with E-state index in [4.69, 9.17) is 0 Å². The van der Waals surface area contributed by atoms with E-state index < -0.39 is 11.6 Å². The number of aromatic nitrogens is 4. The maximum Gasteiger partial charge on any atom is 0.244 e. The van der Waals surface area contributed by atoms with Gasteiger partial charge in [0.1, 0.15) is 11.3 Å². The third kappa shape index (κ3) is 3.80. The van der Waals surface area contributed by atoms with Gasteiger partial charge in [0.05, 0.1) is 10.9 Å². The molecule has 8 nitrogen and oxygen atoms in total. The maximum atomic E-state index is 15.4. The molecule has 0 unspecified atom stereocenters. The molecule has 0 amide bonds. The van der Waals surface area contributed by atoms with Crippen LogP contribution in [0.5, 0.6) is 0 Å². The molecule has 2 aromatic carbocycles. The minimum absolute atomic E-state index is 0.147.